The van der Waals surface area contributed by atoms with Crippen LogP contribution in [0.4, 0.5) is 11.6 Å². The molecule has 3 aromatic heterocycles. The fraction of sp³-hybridized carbons (Fsp3) is 0.276. The highest BCUT2D eigenvalue weighted by Gasteiger charge is 2.21. The molecule has 0 radical (unpaired) electrons. The molecule has 4 heterocycles. The summed E-state index contributed by atoms with van der Waals surface area (Å²) >= 11 is 0. The minimum absolute atomic E-state index is 0.282. The lowest BCUT2D eigenvalue weighted by Gasteiger charge is -2.34. The Hall–Kier alpha value is -4.37. The summed E-state index contributed by atoms with van der Waals surface area (Å²) < 4.78 is 17.7. The van der Waals surface area contributed by atoms with Gasteiger partial charge in [0.15, 0.2) is 11.4 Å². The Kier molecular flexibility index (Phi) is 6.66. The van der Waals surface area contributed by atoms with Gasteiger partial charge in [-0.25, -0.2) is 9.97 Å². The van der Waals surface area contributed by atoms with Crippen LogP contribution in [0.5, 0.6) is 5.75 Å². The molecule has 1 aliphatic rings. The number of nitrogens with zero attached hydrogens (tertiary/aromatic N) is 5. The van der Waals surface area contributed by atoms with Crippen LogP contribution in [0, 0.1) is 0 Å². The van der Waals surface area contributed by atoms with Crippen molar-refractivity contribution in [2.24, 2.45) is 0 Å². The fourth-order valence-electron chi connectivity index (χ4n) is 4.98. The van der Waals surface area contributed by atoms with Crippen LogP contribution in [0.3, 0.4) is 0 Å². The Bertz CT molecular complexity index is 1510. The normalized spacial score (nSPS) is 14.3. The first-order valence-electron chi connectivity index (χ1n) is 12.8. The summed E-state index contributed by atoms with van der Waals surface area (Å²) in [5.41, 5.74) is 11.2. The zero-order chi connectivity index (χ0) is 25.9. The minimum Gasteiger partial charge on any atom is -0.491 e. The van der Waals surface area contributed by atoms with Gasteiger partial charge in [0.1, 0.15) is 12.4 Å². The number of methoxy groups -OCH3 is 1. The minimum atomic E-state index is 0.282. The molecule has 1 saturated heterocycles. The van der Waals surface area contributed by atoms with Gasteiger partial charge in [-0.15, -0.1) is 5.10 Å². The third-order valence-corrected chi connectivity index (χ3v) is 7.00. The summed E-state index contributed by atoms with van der Waals surface area (Å²) in [6.45, 7) is 3.14. The van der Waals surface area contributed by atoms with Crippen LogP contribution in [-0.4, -0.2) is 53.0 Å². The number of benzene rings is 2. The van der Waals surface area contributed by atoms with E-state index in [-0.39, 0.29) is 5.95 Å². The Balaban J connectivity index is 1.15. The van der Waals surface area contributed by atoms with Gasteiger partial charge in [0.25, 0.3) is 0 Å². The maximum absolute atomic E-state index is 6.25. The standard InChI is InChI=1S/C29H30N6O3/c1-36-16-17-37-24-9-7-20(8-10-24)21-11-13-34(14-12-21)23-5-2-4-22(18-23)25-19-27-32-28(26-6-3-15-38-26)33-35(27)29(30)31-25/h2-10,15,18-19,21H,11-14,16-17H2,1H3,(H2,30,31). The van der Waals surface area contributed by atoms with Gasteiger partial charge < -0.3 is 24.5 Å². The Morgan fingerprint density at radius 3 is 2.58 bits per heavy atom. The van der Waals surface area contributed by atoms with Crippen molar-refractivity contribution in [1.82, 2.24) is 19.6 Å². The Morgan fingerprint density at radius 2 is 1.82 bits per heavy atom. The summed E-state index contributed by atoms with van der Waals surface area (Å²) in [5, 5.41) is 4.44. The lowest BCUT2D eigenvalue weighted by molar-refractivity contribution is 0.146. The van der Waals surface area contributed by atoms with Crippen LogP contribution >= 0.6 is 0 Å². The first kappa shape index (κ1) is 24.0. The summed E-state index contributed by atoms with van der Waals surface area (Å²) in [4.78, 5) is 11.6. The molecule has 0 saturated carbocycles. The molecule has 1 aliphatic heterocycles. The summed E-state index contributed by atoms with van der Waals surface area (Å²) in [6.07, 6.45) is 3.79. The molecule has 5 aromatic rings. The molecule has 0 unspecified atom stereocenters. The van der Waals surface area contributed by atoms with E-state index in [2.05, 4.69) is 68.5 Å². The van der Waals surface area contributed by atoms with E-state index in [0.29, 0.717) is 36.4 Å². The number of piperidine rings is 1. The predicted octanol–water partition coefficient (Wildman–Crippen LogP) is 5.04. The third-order valence-electron chi connectivity index (χ3n) is 7.00. The molecule has 2 aromatic carbocycles. The molecule has 0 bridgehead atoms. The lowest BCUT2D eigenvalue weighted by Crippen LogP contribution is -2.32. The SMILES string of the molecule is COCCOc1ccc(C2CCN(c3cccc(-c4cc5nc(-c6ccco6)nn5c(N)n4)c3)CC2)cc1. The number of anilines is 2. The van der Waals surface area contributed by atoms with Gasteiger partial charge in [-0.3, -0.25) is 0 Å². The van der Waals surface area contributed by atoms with Crippen LogP contribution in [0.25, 0.3) is 28.5 Å². The predicted molar refractivity (Wildman–Crippen MR) is 146 cm³/mol. The van der Waals surface area contributed by atoms with Gasteiger partial charge in [-0.05, 0) is 60.7 Å². The van der Waals surface area contributed by atoms with Gasteiger partial charge in [0.05, 0.1) is 18.6 Å². The number of fused-ring (bicyclic) bond motifs is 1. The van der Waals surface area contributed by atoms with E-state index >= 15 is 0 Å². The first-order valence-corrected chi connectivity index (χ1v) is 12.8. The topological polar surface area (TPSA) is 104 Å². The molecule has 1 fully saturated rings. The first-order chi connectivity index (χ1) is 18.7. The second-order valence-electron chi connectivity index (χ2n) is 9.40. The van der Waals surface area contributed by atoms with Crippen molar-refractivity contribution in [3.8, 4) is 28.6 Å². The zero-order valence-electron chi connectivity index (χ0n) is 21.3. The highest BCUT2D eigenvalue weighted by atomic mass is 16.5. The number of ether oxygens (including phenoxy) is 2. The Labute approximate surface area is 220 Å². The maximum atomic E-state index is 6.25. The van der Waals surface area contributed by atoms with Crippen molar-refractivity contribution < 1.29 is 13.9 Å². The number of hydrogen-bond acceptors (Lipinski definition) is 8. The van der Waals surface area contributed by atoms with Crippen molar-refractivity contribution in [3.63, 3.8) is 0 Å². The fourth-order valence-corrected chi connectivity index (χ4v) is 4.98. The van der Waals surface area contributed by atoms with Gasteiger partial charge >= 0.3 is 0 Å². The van der Waals surface area contributed by atoms with E-state index in [1.54, 1.807) is 19.4 Å². The highest BCUT2D eigenvalue weighted by molar-refractivity contribution is 5.70. The summed E-state index contributed by atoms with van der Waals surface area (Å²) in [6, 6.07) is 22.5. The van der Waals surface area contributed by atoms with E-state index in [1.165, 1.54) is 15.8 Å². The van der Waals surface area contributed by atoms with Gasteiger partial charge in [0, 0.05) is 37.5 Å². The second-order valence-corrected chi connectivity index (χ2v) is 9.40. The molecule has 2 N–H and O–H groups in total. The number of aromatic nitrogens is 4. The number of nitrogen functional groups attached to an aromatic ring is 1. The quantitative estimate of drug-likeness (QED) is 0.290. The average Bonchev–Trinajstić information content (AvgIpc) is 3.65. The molecule has 0 spiro atoms. The molecule has 0 aliphatic carbocycles. The van der Waals surface area contributed by atoms with Crippen molar-refractivity contribution in [2.75, 3.05) is 44.0 Å². The smallest absolute Gasteiger partial charge is 0.223 e. The van der Waals surface area contributed by atoms with Crippen molar-refractivity contribution in [2.45, 2.75) is 18.8 Å². The number of furan rings is 1. The molecular formula is C29H30N6O3. The molecule has 38 heavy (non-hydrogen) atoms. The maximum Gasteiger partial charge on any atom is 0.223 e. The van der Waals surface area contributed by atoms with Gasteiger partial charge in [-0.2, -0.15) is 4.52 Å². The van der Waals surface area contributed by atoms with Crippen LogP contribution in [-0.2, 0) is 4.74 Å². The van der Waals surface area contributed by atoms with Crippen molar-refractivity contribution in [1.29, 1.82) is 0 Å². The molecule has 0 atom stereocenters. The monoisotopic (exact) mass is 510 g/mol. The van der Waals surface area contributed by atoms with E-state index in [9.17, 15) is 0 Å². The van der Waals surface area contributed by atoms with Crippen LogP contribution in [0.1, 0.15) is 24.3 Å². The second kappa shape index (κ2) is 10.5. The van der Waals surface area contributed by atoms with E-state index < -0.39 is 0 Å². The van der Waals surface area contributed by atoms with E-state index in [1.807, 2.05) is 12.1 Å². The van der Waals surface area contributed by atoms with Gasteiger partial charge in [-0.1, -0.05) is 24.3 Å². The van der Waals surface area contributed by atoms with E-state index in [0.717, 1.165) is 42.9 Å². The zero-order valence-corrected chi connectivity index (χ0v) is 21.3. The molecule has 9 heteroatoms. The summed E-state index contributed by atoms with van der Waals surface area (Å²) in [7, 11) is 1.68. The summed E-state index contributed by atoms with van der Waals surface area (Å²) in [5.74, 6) is 2.78. The third kappa shape index (κ3) is 4.92. The van der Waals surface area contributed by atoms with Gasteiger partial charge in [0.2, 0.25) is 11.8 Å². The molecule has 194 valence electrons. The van der Waals surface area contributed by atoms with Crippen molar-refractivity contribution in [3.05, 3.63) is 78.6 Å². The van der Waals surface area contributed by atoms with Crippen LogP contribution in [0.2, 0.25) is 0 Å². The number of hydrogen-bond donors (Lipinski definition) is 1. The number of nitrogens with two attached hydrogens (primary N) is 1. The average molecular weight is 511 g/mol. The lowest BCUT2D eigenvalue weighted by atomic mass is 9.89. The molecule has 9 nitrogen and oxygen atoms in total. The highest BCUT2D eigenvalue weighted by Crippen LogP contribution is 2.33. The van der Waals surface area contributed by atoms with E-state index in [4.69, 9.17) is 19.6 Å². The molecule has 6 rings (SSSR count). The van der Waals surface area contributed by atoms with Crippen molar-refractivity contribution >= 4 is 17.3 Å². The Morgan fingerprint density at radius 1 is 0.974 bits per heavy atom. The number of rotatable bonds is 8. The van der Waals surface area contributed by atoms with Crippen LogP contribution < -0.4 is 15.4 Å². The molecule has 0 amide bonds. The molecular weight excluding hydrogens is 480 g/mol. The largest absolute Gasteiger partial charge is 0.491 e. The van der Waals surface area contributed by atoms with Crippen LogP contribution in [0.15, 0.2) is 77.4 Å².